The van der Waals surface area contributed by atoms with E-state index in [-0.39, 0.29) is 17.4 Å². The van der Waals surface area contributed by atoms with E-state index in [4.69, 9.17) is 11.6 Å². The third kappa shape index (κ3) is 1.86. The summed E-state index contributed by atoms with van der Waals surface area (Å²) in [4.78, 5) is 14.1. The molecule has 6 heteroatoms. The molecule has 0 saturated heterocycles. The lowest BCUT2D eigenvalue weighted by atomic mass is 10.4. The lowest BCUT2D eigenvalue weighted by Gasteiger charge is -1.93. The standard InChI is InChI=1S/C8H8ClN3O2/c1-6-10-7(4-3-5-9)8(11(6)2)12(13)14/h5H2,1-2H3. The molecule has 0 atom stereocenters. The number of nitro groups is 1. The molecule has 1 aromatic rings. The van der Waals surface area contributed by atoms with Gasteiger partial charge in [-0.05, 0) is 10.8 Å². The first kappa shape index (κ1) is 10.5. The number of halogens is 1. The van der Waals surface area contributed by atoms with Crippen LogP contribution in [0.25, 0.3) is 0 Å². The van der Waals surface area contributed by atoms with Gasteiger partial charge in [0, 0.05) is 6.92 Å². The van der Waals surface area contributed by atoms with E-state index in [1.165, 1.54) is 4.57 Å². The molecule has 0 unspecified atom stereocenters. The summed E-state index contributed by atoms with van der Waals surface area (Å²) in [5, 5.41) is 10.7. The maximum absolute atomic E-state index is 10.7. The summed E-state index contributed by atoms with van der Waals surface area (Å²) < 4.78 is 1.39. The fourth-order valence-corrected chi connectivity index (χ4v) is 1.08. The van der Waals surface area contributed by atoms with Crippen molar-refractivity contribution in [3.05, 3.63) is 21.6 Å². The Labute approximate surface area is 85.9 Å². The van der Waals surface area contributed by atoms with Gasteiger partial charge in [-0.1, -0.05) is 5.92 Å². The van der Waals surface area contributed by atoms with Crippen LogP contribution in [0.5, 0.6) is 0 Å². The topological polar surface area (TPSA) is 61.0 Å². The average molecular weight is 214 g/mol. The number of aryl methyl sites for hydroxylation is 1. The Kier molecular flexibility index (Phi) is 3.10. The molecule has 0 bridgehead atoms. The highest BCUT2D eigenvalue weighted by Gasteiger charge is 2.20. The van der Waals surface area contributed by atoms with E-state index in [0.717, 1.165) is 0 Å². The van der Waals surface area contributed by atoms with Gasteiger partial charge in [0.25, 0.3) is 0 Å². The summed E-state index contributed by atoms with van der Waals surface area (Å²) >= 11 is 5.35. The number of imidazole rings is 1. The van der Waals surface area contributed by atoms with Crippen LogP contribution in [-0.4, -0.2) is 20.4 Å². The smallest absolute Gasteiger partial charge is 0.358 e. The molecule has 0 aliphatic carbocycles. The largest absolute Gasteiger partial charge is 0.358 e. The molecule has 0 amide bonds. The maximum atomic E-state index is 10.7. The van der Waals surface area contributed by atoms with Gasteiger partial charge in [-0.3, -0.25) is 0 Å². The highest BCUT2D eigenvalue weighted by Crippen LogP contribution is 2.17. The van der Waals surface area contributed by atoms with Crippen molar-refractivity contribution >= 4 is 17.4 Å². The first-order valence-electron chi connectivity index (χ1n) is 3.80. The molecular weight excluding hydrogens is 206 g/mol. The minimum absolute atomic E-state index is 0.0971. The fourth-order valence-electron chi connectivity index (χ4n) is 1.01. The van der Waals surface area contributed by atoms with E-state index in [0.29, 0.717) is 5.82 Å². The lowest BCUT2D eigenvalue weighted by Crippen LogP contribution is -1.99. The highest BCUT2D eigenvalue weighted by atomic mass is 35.5. The number of alkyl halides is 1. The lowest BCUT2D eigenvalue weighted by molar-refractivity contribution is -0.392. The molecular formula is C8H8ClN3O2. The van der Waals surface area contributed by atoms with Gasteiger partial charge < -0.3 is 10.1 Å². The molecule has 1 heterocycles. The Morgan fingerprint density at radius 1 is 1.71 bits per heavy atom. The minimum atomic E-state index is -0.502. The van der Waals surface area contributed by atoms with Crippen LogP contribution >= 0.6 is 11.6 Å². The van der Waals surface area contributed by atoms with Crippen LogP contribution in [0.3, 0.4) is 0 Å². The monoisotopic (exact) mass is 213 g/mol. The van der Waals surface area contributed by atoms with Gasteiger partial charge in [-0.2, -0.15) is 4.98 Å². The van der Waals surface area contributed by atoms with Gasteiger partial charge in [-0.15, -0.1) is 11.6 Å². The summed E-state index contributed by atoms with van der Waals surface area (Å²) in [6.45, 7) is 1.68. The first-order valence-corrected chi connectivity index (χ1v) is 4.34. The summed E-state index contributed by atoms with van der Waals surface area (Å²) in [7, 11) is 1.58. The Morgan fingerprint density at radius 3 is 2.86 bits per heavy atom. The van der Waals surface area contributed by atoms with E-state index in [9.17, 15) is 10.1 Å². The number of nitrogens with zero attached hydrogens (tertiary/aromatic N) is 3. The second-order valence-corrected chi connectivity index (χ2v) is 2.85. The van der Waals surface area contributed by atoms with Gasteiger partial charge in [0.1, 0.15) is 0 Å². The summed E-state index contributed by atoms with van der Waals surface area (Å²) in [5.41, 5.74) is 0.163. The van der Waals surface area contributed by atoms with E-state index in [2.05, 4.69) is 16.8 Å². The molecule has 0 fully saturated rings. The zero-order valence-electron chi connectivity index (χ0n) is 7.74. The molecule has 1 aromatic heterocycles. The van der Waals surface area contributed by atoms with Crippen LogP contribution < -0.4 is 0 Å². The predicted molar refractivity (Wildman–Crippen MR) is 52.2 cm³/mol. The molecule has 5 nitrogen and oxygen atoms in total. The van der Waals surface area contributed by atoms with Gasteiger partial charge in [0.2, 0.25) is 5.69 Å². The van der Waals surface area contributed by atoms with Crippen LogP contribution in [0, 0.1) is 28.9 Å². The Hall–Kier alpha value is -1.54. The molecule has 0 aliphatic rings. The summed E-state index contributed by atoms with van der Waals surface area (Å²) in [6.07, 6.45) is 0. The Morgan fingerprint density at radius 2 is 2.36 bits per heavy atom. The summed E-state index contributed by atoms with van der Waals surface area (Å²) in [5.74, 6) is 5.67. The molecule has 0 spiro atoms. The molecule has 14 heavy (non-hydrogen) atoms. The van der Waals surface area contributed by atoms with Gasteiger partial charge in [0.15, 0.2) is 5.82 Å². The number of hydrogen-bond donors (Lipinski definition) is 0. The zero-order valence-corrected chi connectivity index (χ0v) is 8.50. The third-order valence-corrected chi connectivity index (χ3v) is 1.87. The van der Waals surface area contributed by atoms with Crippen LogP contribution in [0.2, 0.25) is 0 Å². The zero-order chi connectivity index (χ0) is 10.7. The van der Waals surface area contributed by atoms with Gasteiger partial charge in [0.05, 0.1) is 12.9 Å². The second kappa shape index (κ2) is 4.11. The summed E-state index contributed by atoms with van der Waals surface area (Å²) in [6, 6.07) is 0. The van der Waals surface area contributed by atoms with E-state index < -0.39 is 4.92 Å². The third-order valence-electron chi connectivity index (χ3n) is 1.74. The SMILES string of the molecule is Cc1nc(C#CCCl)c([N+](=O)[O-])n1C. The molecule has 74 valence electrons. The number of rotatable bonds is 1. The quantitative estimate of drug-likeness (QED) is 0.305. The second-order valence-electron chi connectivity index (χ2n) is 2.58. The molecule has 0 saturated carbocycles. The van der Waals surface area contributed by atoms with Crippen LogP contribution in [0.1, 0.15) is 11.5 Å². The normalized spacial score (nSPS) is 9.36. The van der Waals surface area contributed by atoms with Crippen molar-refractivity contribution < 1.29 is 4.92 Å². The van der Waals surface area contributed by atoms with E-state index in [1.807, 2.05) is 0 Å². The molecule has 0 N–H and O–H groups in total. The Bertz CT molecular complexity index is 428. The predicted octanol–water partition coefficient (Wildman–Crippen LogP) is 1.23. The van der Waals surface area contributed by atoms with Crippen molar-refractivity contribution in [2.24, 2.45) is 7.05 Å². The van der Waals surface area contributed by atoms with Crippen LogP contribution in [0.15, 0.2) is 0 Å². The maximum Gasteiger partial charge on any atom is 0.358 e. The van der Waals surface area contributed by atoms with E-state index in [1.54, 1.807) is 14.0 Å². The van der Waals surface area contributed by atoms with Crippen LogP contribution in [-0.2, 0) is 7.05 Å². The van der Waals surface area contributed by atoms with Gasteiger partial charge in [-0.25, -0.2) is 4.57 Å². The molecule has 1 rings (SSSR count). The fraction of sp³-hybridized carbons (Fsp3) is 0.375. The van der Waals surface area contributed by atoms with E-state index >= 15 is 0 Å². The first-order chi connectivity index (χ1) is 6.57. The minimum Gasteiger partial charge on any atom is -0.358 e. The van der Waals surface area contributed by atoms with Crippen molar-refractivity contribution in [1.82, 2.24) is 9.55 Å². The molecule has 0 aromatic carbocycles. The highest BCUT2D eigenvalue weighted by molar-refractivity contribution is 6.19. The van der Waals surface area contributed by atoms with Crippen molar-refractivity contribution in [3.63, 3.8) is 0 Å². The van der Waals surface area contributed by atoms with Crippen molar-refractivity contribution in [3.8, 4) is 11.8 Å². The van der Waals surface area contributed by atoms with Crippen molar-refractivity contribution in [2.45, 2.75) is 6.92 Å². The molecule has 0 radical (unpaired) electrons. The van der Waals surface area contributed by atoms with Crippen LogP contribution in [0.4, 0.5) is 5.82 Å². The van der Waals surface area contributed by atoms with Crippen molar-refractivity contribution in [2.75, 3.05) is 5.88 Å². The number of hydrogen-bond acceptors (Lipinski definition) is 3. The van der Waals surface area contributed by atoms with Crippen molar-refractivity contribution in [1.29, 1.82) is 0 Å². The average Bonchev–Trinajstić information content (AvgIpc) is 2.39. The molecule has 0 aliphatic heterocycles. The number of aromatic nitrogens is 2. The van der Waals surface area contributed by atoms with Gasteiger partial charge >= 0.3 is 5.82 Å². The Balaban J connectivity index is 3.29.